The normalized spacial score (nSPS) is 13.3. The van der Waals surface area contributed by atoms with Crippen molar-refractivity contribution in [2.24, 2.45) is 11.7 Å². The smallest absolute Gasteiger partial charge is 0.241 e. The molecule has 0 aliphatic rings. The Balaban J connectivity index is 3.07. The Morgan fingerprint density at radius 1 is 1.32 bits per heavy atom. The van der Waals surface area contributed by atoms with Gasteiger partial charge in [-0.25, -0.2) is 8.42 Å². The second-order valence-corrected chi connectivity index (χ2v) is 6.91. The number of sulfone groups is 1. The van der Waals surface area contributed by atoms with Gasteiger partial charge < -0.3 is 11.1 Å². The van der Waals surface area contributed by atoms with Crippen molar-refractivity contribution in [3.63, 3.8) is 0 Å². The van der Waals surface area contributed by atoms with Crippen molar-refractivity contribution in [3.05, 3.63) is 24.3 Å². The van der Waals surface area contributed by atoms with Crippen LogP contribution in [0.2, 0.25) is 0 Å². The summed E-state index contributed by atoms with van der Waals surface area (Å²) in [4.78, 5) is 12.0. The van der Waals surface area contributed by atoms with Crippen LogP contribution in [0.4, 0.5) is 5.69 Å². The first kappa shape index (κ1) is 15.7. The minimum Gasteiger partial charge on any atom is -0.324 e. The number of nitrogens with two attached hydrogens (primary N) is 1. The van der Waals surface area contributed by atoms with Gasteiger partial charge in [0.1, 0.15) is 0 Å². The topological polar surface area (TPSA) is 89.3 Å². The van der Waals surface area contributed by atoms with Gasteiger partial charge in [0.25, 0.3) is 0 Å². The fourth-order valence-electron chi connectivity index (χ4n) is 1.52. The molecule has 0 aliphatic carbocycles. The Kier molecular flexibility index (Phi) is 5.08. The van der Waals surface area contributed by atoms with Crippen LogP contribution < -0.4 is 11.1 Å². The van der Waals surface area contributed by atoms with Crippen LogP contribution in [-0.4, -0.2) is 26.1 Å². The molecule has 6 heteroatoms. The molecule has 0 saturated heterocycles. The van der Waals surface area contributed by atoms with Crippen molar-refractivity contribution in [3.8, 4) is 0 Å². The minimum atomic E-state index is -3.38. The van der Waals surface area contributed by atoms with Crippen LogP contribution in [0, 0.1) is 5.92 Å². The standard InChI is InChI=1S/C13H20N2O3S/c1-4-19(17,18)11-8-6-5-7-10(11)15-13(16)12(14)9(2)3/h5-9,12H,4,14H2,1-3H3,(H,15,16)/t12-/m1/s1. The van der Waals surface area contributed by atoms with Gasteiger partial charge in [-0.05, 0) is 18.1 Å². The Labute approximate surface area is 114 Å². The van der Waals surface area contributed by atoms with Crippen molar-refractivity contribution < 1.29 is 13.2 Å². The van der Waals surface area contributed by atoms with Gasteiger partial charge in [-0.15, -0.1) is 0 Å². The number of amides is 1. The van der Waals surface area contributed by atoms with Crippen LogP contribution in [0.3, 0.4) is 0 Å². The maximum absolute atomic E-state index is 11.9. The molecule has 0 bridgehead atoms. The number of hydrogen-bond acceptors (Lipinski definition) is 4. The van der Waals surface area contributed by atoms with E-state index >= 15 is 0 Å². The molecule has 0 unspecified atom stereocenters. The summed E-state index contributed by atoms with van der Waals surface area (Å²) in [5.41, 5.74) is 6.02. The van der Waals surface area contributed by atoms with Crippen LogP contribution >= 0.6 is 0 Å². The van der Waals surface area contributed by atoms with Gasteiger partial charge in [-0.3, -0.25) is 4.79 Å². The summed E-state index contributed by atoms with van der Waals surface area (Å²) < 4.78 is 23.8. The molecule has 1 atom stereocenters. The van der Waals surface area contributed by atoms with E-state index in [0.29, 0.717) is 0 Å². The van der Waals surface area contributed by atoms with E-state index in [1.807, 2.05) is 13.8 Å². The van der Waals surface area contributed by atoms with Crippen molar-refractivity contribution in [1.82, 2.24) is 0 Å². The summed E-state index contributed by atoms with van der Waals surface area (Å²) in [5, 5.41) is 2.59. The van der Waals surface area contributed by atoms with Gasteiger partial charge in [0, 0.05) is 0 Å². The van der Waals surface area contributed by atoms with Gasteiger partial charge in [0.2, 0.25) is 5.91 Å². The van der Waals surface area contributed by atoms with E-state index in [9.17, 15) is 13.2 Å². The summed E-state index contributed by atoms with van der Waals surface area (Å²) in [6.07, 6.45) is 0. The number of benzene rings is 1. The van der Waals surface area contributed by atoms with E-state index in [4.69, 9.17) is 5.73 Å². The fourth-order valence-corrected chi connectivity index (χ4v) is 2.57. The van der Waals surface area contributed by atoms with E-state index in [1.165, 1.54) is 6.07 Å². The Bertz CT molecular complexity index is 553. The second-order valence-electron chi connectivity index (χ2n) is 4.66. The number of nitrogens with one attached hydrogen (secondary N) is 1. The number of rotatable bonds is 5. The Morgan fingerprint density at radius 3 is 2.42 bits per heavy atom. The molecule has 0 aliphatic heterocycles. The zero-order valence-corrected chi connectivity index (χ0v) is 12.2. The third-order valence-corrected chi connectivity index (χ3v) is 4.67. The third kappa shape index (κ3) is 3.78. The lowest BCUT2D eigenvalue weighted by molar-refractivity contribution is -0.118. The highest BCUT2D eigenvalue weighted by molar-refractivity contribution is 7.91. The summed E-state index contributed by atoms with van der Waals surface area (Å²) in [6.45, 7) is 5.23. The molecule has 5 nitrogen and oxygen atoms in total. The second kappa shape index (κ2) is 6.16. The quantitative estimate of drug-likeness (QED) is 0.855. The van der Waals surface area contributed by atoms with Gasteiger partial charge in [0.15, 0.2) is 9.84 Å². The van der Waals surface area contributed by atoms with Crippen LogP contribution in [0.1, 0.15) is 20.8 Å². The predicted octanol–water partition coefficient (Wildman–Crippen LogP) is 1.40. The van der Waals surface area contributed by atoms with Crippen LogP contribution in [0.25, 0.3) is 0 Å². The van der Waals surface area contributed by atoms with Crippen molar-refractivity contribution in [1.29, 1.82) is 0 Å². The number of hydrogen-bond donors (Lipinski definition) is 2. The molecule has 1 rings (SSSR count). The maximum Gasteiger partial charge on any atom is 0.241 e. The first-order valence-electron chi connectivity index (χ1n) is 6.17. The first-order chi connectivity index (χ1) is 8.79. The molecule has 106 valence electrons. The molecule has 3 N–H and O–H groups in total. The molecule has 0 spiro atoms. The minimum absolute atomic E-state index is 0.0177. The largest absolute Gasteiger partial charge is 0.324 e. The molecule has 0 heterocycles. The number of carbonyl (C=O) groups excluding carboxylic acids is 1. The van der Waals surface area contributed by atoms with Gasteiger partial charge >= 0.3 is 0 Å². The summed E-state index contributed by atoms with van der Waals surface area (Å²) >= 11 is 0. The molecular weight excluding hydrogens is 264 g/mol. The third-order valence-electron chi connectivity index (χ3n) is 2.88. The molecular formula is C13H20N2O3S. The molecule has 0 saturated carbocycles. The van der Waals surface area contributed by atoms with E-state index in [0.717, 1.165) is 0 Å². The van der Waals surface area contributed by atoms with Crippen LogP contribution in [-0.2, 0) is 14.6 Å². The molecule has 1 aromatic carbocycles. The lowest BCUT2D eigenvalue weighted by Crippen LogP contribution is -2.40. The monoisotopic (exact) mass is 284 g/mol. The first-order valence-corrected chi connectivity index (χ1v) is 7.83. The van der Waals surface area contributed by atoms with E-state index in [2.05, 4.69) is 5.32 Å². The molecule has 1 aromatic rings. The highest BCUT2D eigenvalue weighted by Crippen LogP contribution is 2.22. The van der Waals surface area contributed by atoms with Crippen molar-refractivity contribution in [2.45, 2.75) is 31.7 Å². The number of anilines is 1. The summed E-state index contributed by atoms with van der Waals surface area (Å²) in [7, 11) is -3.38. The predicted molar refractivity (Wildman–Crippen MR) is 75.6 cm³/mol. The molecule has 19 heavy (non-hydrogen) atoms. The van der Waals surface area contributed by atoms with Crippen LogP contribution in [0.5, 0.6) is 0 Å². The average molecular weight is 284 g/mol. The highest BCUT2D eigenvalue weighted by Gasteiger charge is 2.21. The van der Waals surface area contributed by atoms with E-state index in [-0.39, 0.29) is 28.2 Å². The Hall–Kier alpha value is -1.40. The van der Waals surface area contributed by atoms with Gasteiger partial charge in [-0.2, -0.15) is 0 Å². The van der Waals surface area contributed by atoms with E-state index in [1.54, 1.807) is 25.1 Å². The Morgan fingerprint density at radius 2 is 1.89 bits per heavy atom. The molecule has 1 amide bonds. The van der Waals surface area contributed by atoms with Crippen molar-refractivity contribution >= 4 is 21.4 Å². The van der Waals surface area contributed by atoms with E-state index < -0.39 is 15.9 Å². The van der Waals surface area contributed by atoms with Gasteiger partial charge in [0.05, 0.1) is 22.4 Å². The summed E-state index contributed by atoms with van der Waals surface area (Å²) in [6, 6.07) is 5.67. The molecule has 0 fully saturated rings. The number of para-hydroxylation sites is 1. The van der Waals surface area contributed by atoms with Crippen LogP contribution in [0.15, 0.2) is 29.2 Å². The SMILES string of the molecule is CCS(=O)(=O)c1ccccc1NC(=O)[C@H](N)C(C)C. The fraction of sp³-hybridized carbons (Fsp3) is 0.462. The van der Waals surface area contributed by atoms with Gasteiger partial charge in [-0.1, -0.05) is 32.9 Å². The zero-order valence-electron chi connectivity index (χ0n) is 11.4. The van der Waals surface area contributed by atoms with Crippen molar-refractivity contribution in [2.75, 3.05) is 11.1 Å². The molecule has 0 radical (unpaired) electrons. The lowest BCUT2D eigenvalue weighted by atomic mass is 10.1. The average Bonchev–Trinajstić information content (AvgIpc) is 2.38. The zero-order chi connectivity index (χ0) is 14.6. The lowest BCUT2D eigenvalue weighted by Gasteiger charge is -2.17. The summed E-state index contributed by atoms with van der Waals surface area (Å²) in [5.74, 6) is -0.417. The number of carbonyl (C=O) groups is 1. The maximum atomic E-state index is 11.9. The molecule has 0 aromatic heterocycles. The highest BCUT2D eigenvalue weighted by atomic mass is 32.2.